The normalized spacial score (nSPS) is 27.9. The molecule has 4 heterocycles. The third-order valence-corrected chi connectivity index (χ3v) is 8.51. The lowest BCUT2D eigenvalue weighted by atomic mass is 9.78. The summed E-state index contributed by atoms with van der Waals surface area (Å²) in [5.41, 5.74) is 0.945. The lowest BCUT2D eigenvalue weighted by Gasteiger charge is -2.37. The molecule has 0 radical (unpaired) electrons. The number of carbonyl (C=O) groups excluding carboxylic acids is 3. The summed E-state index contributed by atoms with van der Waals surface area (Å²) in [6, 6.07) is 17.6. The maximum Gasteiger partial charge on any atom is 0.260 e. The van der Waals surface area contributed by atoms with E-state index in [-0.39, 0.29) is 30.4 Å². The first kappa shape index (κ1) is 24.0. The van der Waals surface area contributed by atoms with Gasteiger partial charge in [-0.3, -0.25) is 19.3 Å². The summed E-state index contributed by atoms with van der Waals surface area (Å²) in [6.45, 7) is 2.84. The van der Waals surface area contributed by atoms with Gasteiger partial charge in [0.25, 0.3) is 11.8 Å². The van der Waals surface area contributed by atoms with Gasteiger partial charge in [-0.1, -0.05) is 36.4 Å². The largest absolute Gasteiger partial charge is 0.484 e. The molecule has 6 rings (SSSR count). The number of benzene rings is 2. The second-order valence-electron chi connectivity index (χ2n) is 10.5. The molecule has 1 spiro atoms. The number of amides is 3. The molecule has 37 heavy (non-hydrogen) atoms. The van der Waals surface area contributed by atoms with Crippen molar-refractivity contribution >= 4 is 23.4 Å². The molecule has 3 atom stereocenters. The molecule has 3 fully saturated rings. The molecule has 4 aliphatic heterocycles. The minimum Gasteiger partial charge on any atom is -0.484 e. The van der Waals surface area contributed by atoms with E-state index in [1.54, 1.807) is 4.90 Å². The van der Waals surface area contributed by atoms with Crippen molar-refractivity contribution in [3.8, 4) is 5.75 Å². The zero-order chi connectivity index (χ0) is 25.4. The quantitative estimate of drug-likeness (QED) is 0.698. The standard InChI is InChI=1S/C29H34N4O4/c34-26(20-37-22-10-2-1-3-11-22)31-15-7-14-30-27(35)24-19-21-9-6-18-33(21)29(24)23-12-4-5-13-25(23)32(28(29)36)17-8-16-31/h1-5,10-13,21,24H,6-9,14-20H2,(H,30,35)/t21-,24+,29+/m0/s1. The monoisotopic (exact) mass is 502 g/mol. The topological polar surface area (TPSA) is 82.2 Å². The predicted octanol–water partition coefficient (Wildman–Crippen LogP) is 2.53. The number of nitrogens with zero attached hydrogens (tertiary/aromatic N) is 3. The summed E-state index contributed by atoms with van der Waals surface area (Å²) >= 11 is 0. The van der Waals surface area contributed by atoms with E-state index in [0.29, 0.717) is 51.2 Å². The minimum absolute atomic E-state index is 0.0165. The molecule has 0 aromatic heterocycles. The van der Waals surface area contributed by atoms with Crippen molar-refractivity contribution in [1.82, 2.24) is 15.1 Å². The molecule has 4 aliphatic rings. The van der Waals surface area contributed by atoms with Gasteiger partial charge < -0.3 is 19.9 Å². The predicted molar refractivity (Wildman–Crippen MR) is 139 cm³/mol. The van der Waals surface area contributed by atoms with E-state index in [1.807, 2.05) is 59.5 Å². The molecule has 8 heteroatoms. The van der Waals surface area contributed by atoms with E-state index in [9.17, 15) is 14.4 Å². The van der Waals surface area contributed by atoms with Crippen LogP contribution >= 0.6 is 0 Å². The lowest BCUT2D eigenvalue weighted by molar-refractivity contribution is -0.138. The third kappa shape index (κ3) is 3.98. The van der Waals surface area contributed by atoms with Crippen LogP contribution in [0.25, 0.3) is 0 Å². The highest BCUT2D eigenvalue weighted by molar-refractivity contribution is 6.10. The third-order valence-electron chi connectivity index (χ3n) is 8.51. The Labute approximate surface area is 217 Å². The van der Waals surface area contributed by atoms with Crippen LogP contribution in [0.2, 0.25) is 0 Å². The summed E-state index contributed by atoms with van der Waals surface area (Å²) in [6.07, 6.45) is 4.11. The fraction of sp³-hybridized carbons (Fsp3) is 0.483. The maximum atomic E-state index is 14.3. The fourth-order valence-corrected chi connectivity index (χ4v) is 6.92. The van der Waals surface area contributed by atoms with Crippen LogP contribution in [0.15, 0.2) is 54.6 Å². The number of nitrogens with one attached hydrogen (secondary N) is 1. The zero-order valence-electron chi connectivity index (χ0n) is 21.1. The van der Waals surface area contributed by atoms with E-state index in [2.05, 4.69) is 10.2 Å². The van der Waals surface area contributed by atoms with Gasteiger partial charge in [-0.05, 0) is 56.8 Å². The van der Waals surface area contributed by atoms with E-state index in [0.717, 1.165) is 30.6 Å². The number of ether oxygens (including phenoxy) is 1. The molecule has 1 N–H and O–H groups in total. The van der Waals surface area contributed by atoms with Crippen LogP contribution in [0.5, 0.6) is 5.75 Å². The molecule has 0 aliphatic carbocycles. The number of hydrogen-bond acceptors (Lipinski definition) is 5. The first-order valence-electron chi connectivity index (χ1n) is 13.5. The summed E-state index contributed by atoms with van der Waals surface area (Å²) in [7, 11) is 0. The van der Waals surface area contributed by atoms with Gasteiger partial charge in [0, 0.05) is 43.5 Å². The average molecular weight is 503 g/mol. The van der Waals surface area contributed by atoms with Gasteiger partial charge in [0.05, 0.1) is 5.92 Å². The number of carbonyl (C=O) groups is 3. The molecule has 8 nitrogen and oxygen atoms in total. The Balaban J connectivity index is 1.26. The molecule has 0 saturated carbocycles. The Hall–Kier alpha value is -3.39. The zero-order valence-corrected chi connectivity index (χ0v) is 21.1. The van der Waals surface area contributed by atoms with Crippen molar-refractivity contribution in [2.24, 2.45) is 5.92 Å². The average Bonchev–Trinajstić information content (AvgIpc) is 3.58. The summed E-state index contributed by atoms with van der Waals surface area (Å²) in [5, 5.41) is 3.12. The van der Waals surface area contributed by atoms with E-state index < -0.39 is 11.5 Å². The Morgan fingerprint density at radius 3 is 2.59 bits per heavy atom. The highest BCUT2D eigenvalue weighted by atomic mass is 16.5. The van der Waals surface area contributed by atoms with Crippen molar-refractivity contribution in [3.63, 3.8) is 0 Å². The van der Waals surface area contributed by atoms with Gasteiger partial charge in [0.1, 0.15) is 11.3 Å². The van der Waals surface area contributed by atoms with Crippen molar-refractivity contribution in [3.05, 3.63) is 60.2 Å². The van der Waals surface area contributed by atoms with Crippen molar-refractivity contribution in [1.29, 1.82) is 0 Å². The summed E-state index contributed by atoms with van der Waals surface area (Å²) < 4.78 is 5.70. The molecule has 2 aromatic rings. The molecular weight excluding hydrogens is 468 g/mol. The van der Waals surface area contributed by atoms with Crippen LogP contribution in [-0.2, 0) is 19.9 Å². The second kappa shape index (κ2) is 9.82. The SMILES string of the molecule is O=C1NCCCN(C(=O)COc2ccccc2)CCCN2C(=O)[C@@]3(c4ccccc42)[C@@H]1C[C@@H]1CCCN13. The molecular formula is C29H34N4O4. The van der Waals surface area contributed by atoms with E-state index in [1.165, 1.54) is 0 Å². The van der Waals surface area contributed by atoms with Gasteiger partial charge in [-0.2, -0.15) is 0 Å². The molecule has 2 bridgehead atoms. The van der Waals surface area contributed by atoms with Crippen LogP contribution in [0.3, 0.4) is 0 Å². The smallest absolute Gasteiger partial charge is 0.260 e. The molecule has 3 amide bonds. The number of fused-ring (bicyclic) bond motifs is 4. The maximum absolute atomic E-state index is 14.3. The highest BCUT2D eigenvalue weighted by Crippen LogP contribution is 2.57. The van der Waals surface area contributed by atoms with Gasteiger partial charge >= 0.3 is 0 Å². The Morgan fingerprint density at radius 2 is 1.73 bits per heavy atom. The Kier molecular flexibility index (Phi) is 6.36. The van der Waals surface area contributed by atoms with Crippen molar-refractivity contribution in [2.45, 2.75) is 43.7 Å². The second-order valence-corrected chi connectivity index (χ2v) is 10.5. The Morgan fingerprint density at radius 1 is 0.946 bits per heavy atom. The van der Waals surface area contributed by atoms with Crippen LogP contribution in [0.4, 0.5) is 5.69 Å². The molecule has 194 valence electrons. The van der Waals surface area contributed by atoms with Crippen molar-refractivity contribution < 1.29 is 19.1 Å². The Bertz CT molecular complexity index is 1190. The van der Waals surface area contributed by atoms with Gasteiger partial charge in [-0.25, -0.2) is 0 Å². The molecule has 2 aromatic carbocycles. The van der Waals surface area contributed by atoms with Crippen molar-refractivity contribution in [2.75, 3.05) is 44.2 Å². The van der Waals surface area contributed by atoms with Gasteiger partial charge in [0.15, 0.2) is 6.61 Å². The van der Waals surface area contributed by atoms with Crippen LogP contribution < -0.4 is 15.0 Å². The number of para-hydroxylation sites is 2. The number of hydrogen-bond donors (Lipinski definition) is 1. The number of rotatable bonds is 3. The van der Waals surface area contributed by atoms with Crippen LogP contribution in [-0.4, -0.2) is 72.9 Å². The minimum atomic E-state index is -0.922. The van der Waals surface area contributed by atoms with Gasteiger partial charge in [0.2, 0.25) is 5.91 Å². The fourth-order valence-electron chi connectivity index (χ4n) is 6.92. The lowest BCUT2D eigenvalue weighted by Crippen LogP contribution is -2.56. The van der Waals surface area contributed by atoms with E-state index >= 15 is 0 Å². The van der Waals surface area contributed by atoms with Crippen LogP contribution in [0.1, 0.15) is 37.7 Å². The number of anilines is 1. The summed E-state index contributed by atoms with van der Waals surface area (Å²) in [4.78, 5) is 47.0. The highest BCUT2D eigenvalue weighted by Gasteiger charge is 2.66. The first-order valence-corrected chi connectivity index (χ1v) is 13.5. The molecule has 3 saturated heterocycles. The van der Waals surface area contributed by atoms with Gasteiger partial charge in [-0.15, -0.1) is 0 Å². The van der Waals surface area contributed by atoms with Crippen LogP contribution in [0, 0.1) is 5.92 Å². The van der Waals surface area contributed by atoms with E-state index in [4.69, 9.17) is 4.74 Å². The molecule has 0 unspecified atom stereocenters. The first-order chi connectivity index (χ1) is 18.1. The summed E-state index contributed by atoms with van der Waals surface area (Å²) in [5.74, 6) is 0.123.